The van der Waals surface area contributed by atoms with Gasteiger partial charge in [-0.25, -0.2) is 0 Å². The minimum absolute atomic E-state index is 0.480. The highest BCUT2D eigenvalue weighted by Gasteiger charge is 2.47. The molecule has 0 saturated heterocycles. The molecule has 1 aliphatic carbocycles. The molecule has 10 heteroatoms. The first kappa shape index (κ1) is 42.2. The van der Waals surface area contributed by atoms with Crippen molar-refractivity contribution in [3.8, 4) is 44.9 Å². The van der Waals surface area contributed by atoms with E-state index < -0.39 is 23.0 Å². The third kappa shape index (κ3) is 8.32. The van der Waals surface area contributed by atoms with Crippen LogP contribution in [0.1, 0.15) is 35.1 Å². The fraction of sp³-hybridized carbons (Fsp3) is 0.265. The van der Waals surface area contributed by atoms with Crippen molar-refractivity contribution in [1.29, 1.82) is 0 Å². The summed E-state index contributed by atoms with van der Waals surface area (Å²) in [5.41, 5.74) is 10.7. The normalized spacial score (nSPS) is 13.2. The monoisotopic (exact) mass is 826 g/mol. The van der Waals surface area contributed by atoms with E-state index in [9.17, 15) is 0 Å². The number of hydrogen-bond acceptors (Lipinski definition) is 8. The summed E-state index contributed by atoms with van der Waals surface area (Å²) >= 11 is 0. The van der Waals surface area contributed by atoms with Gasteiger partial charge in [0.05, 0.1) is 18.6 Å². The van der Waals surface area contributed by atoms with Gasteiger partial charge in [-0.2, -0.15) is 0 Å². The molecule has 0 amide bonds. The molecule has 0 aliphatic heterocycles. The highest BCUT2D eigenvalue weighted by Crippen LogP contribution is 2.57. The fourth-order valence-electron chi connectivity index (χ4n) is 8.54. The van der Waals surface area contributed by atoms with E-state index >= 15 is 0 Å². The summed E-state index contributed by atoms with van der Waals surface area (Å²) in [7, 11) is 4.40. The molecule has 0 radical (unpaired) electrons. The molecule has 0 N–H and O–H groups in total. The van der Waals surface area contributed by atoms with Gasteiger partial charge in [-0.05, 0) is 81.6 Å². The molecule has 59 heavy (non-hydrogen) atoms. The Labute approximate surface area is 351 Å². The van der Waals surface area contributed by atoms with Crippen LogP contribution in [0.15, 0.2) is 146 Å². The van der Waals surface area contributed by atoms with E-state index in [1.54, 1.807) is 42.7 Å². The molecule has 6 aromatic carbocycles. The van der Waals surface area contributed by atoms with Crippen LogP contribution >= 0.6 is 0 Å². The van der Waals surface area contributed by atoms with Crippen LogP contribution in [0.5, 0.6) is 11.5 Å². The van der Waals surface area contributed by atoms with Gasteiger partial charge in [0, 0.05) is 65.9 Å². The van der Waals surface area contributed by atoms with Crippen LogP contribution in [0.2, 0.25) is 12.1 Å². The summed E-state index contributed by atoms with van der Waals surface area (Å²) < 4.78 is 47.3. The first-order valence-electron chi connectivity index (χ1n) is 20.1. The highest BCUT2D eigenvalue weighted by atomic mass is 28.4. The summed E-state index contributed by atoms with van der Waals surface area (Å²) in [6, 6.07) is 53.3. The van der Waals surface area contributed by atoms with E-state index in [1.807, 2.05) is 12.1 Å². The van der Waals surface area contributed by atoms with Gasteiger partial charge in [0.1, 0.15) is 11.5 Å². The van der Waals surface area contributed by atoms with E-state index in [0.29, 0.717) is 38.1 Å². The second kappa shape index (κ2) is 19.0. The molecular weight excluding hydrogens is 773 g/mol. The van der Waals surface area contributed by atoms with E-state index in [1.165, 1.54) is 22.3 Å². The molecule has 0 fully saturated rings. The molecule has 0 atom stereocenters. The summed E-state index contributed by atoms with van der Waals surface area (Å²) in [6.07, 6.45) is 1.43. The molecule has 0 aromatic heterocycles. The van der Waals surface area contributed by atoms with E-state index in [2.05, 4.69) is 133 Å². The van der Waals surface area contributed by atoms with Gasteiger partial charge >= 0.3 is 17.6 Å². The lowest BCUT2D eigenvalue weighted by atomic mass is 9.67. The SMILES string of the molecule is CO[Si](CCCOc1ccc(C2(c3ccc(OCCC[Si](OC)(OC)OC)c(-c4ccccc4)c3)c3ccccc3-c3ccccc32)cc1-c1ccccc1)(OC)OC. The number of rotatable bonds is 20. The summed E-state index contributed by atoms with van der Waals surface area (Å²) in [6.45, 7) is 0.961. The minimum Gasteiger partial charge on any atom is -0.493 e. The van der Waals surface area contributed by atoms with Gasteiger partial charge in [0.25, 0.3) is 0 Å². The Hall–Kier alpha value is -4.89. The van der Waals surface area contributed by atoms with Crippen molar-refractivity contribution in [2.45, 2.75) is 30.3 Å². The van der Waals surface area contributed by atoms with Crippen LogP contribution in [0, 0.1) is 0 Å². The molecule has 0 spiro atoms. The van der Waals surface area contributed by atoms with E-state index in [0.717, 1.165) is 44.9 Å². The van der Waals surface area contributed by atoms with Gasteiger partial charge in [0.2, 0.25) is 0 Å². The van der Waals surface area contributed by atoms with Gasteiger partial charge < -0.3 is 36.0 Å². The average molecular weight is 827 g/mol. The molecule has 1 aliphatic rings. The average Bonchev–Trinajstić information content (AvgIpc) is 3.61. The van der Waals surface area contributed by atoms with E-state index in [4.69, 9.17) is 36.0 Å². The van der Waals surface area contributed by atoms with Crippen molar-refractivity contribution >= 4 is 17.6 Å². The number of fused-ring (bicyclic) bond motifs is 3. The minimum atomic E-state index is -2.73. The highest BCUT2D eigenvalue weighted by molar-refractivity contribution is 6.60. The maximum absolute atomic E-state index is 6.62. The number of ether oxygens (including phenoxy) is 2. The van der Waals surface area contributed by atoms with Crippen LogP contribution in [0.3, 0.4) is 0 Å². The first-order chi connectivity index (χ1) is 28.9. The standard InChI is InChI=1S/C49H54O8Si2/c1-50-58(51-2,52-3)33-17-31-56-47-29-27-39(35-43(47)37-19-9-7-10-20-37)49(45-25-15-13-23-41(45)42-24-14-16-26-46(42)49)40-28-30-48(44(36-40)38-21-11-8-12-22-38)57-32-18-34-59(53-4,54-5)55-6/h7-16,19-30,35-36H,17-18,31-34H2,1-6H3. The fourth-order valence-corrected chi connectivity index (χ4v) is 11.9. The maximum Gasteiger partial charge on any atom is 0.500 e. The molecule has 6 aromatic rings. The van der Waals surface area contributed by atoms with Crippen molar-refractivity contribution in [1.82, 2.24) is 0 Å². The summed E-state index contributed by atoms with van der Waals surface area (Å²) in [4.78, 5) is 0. The van der Waals surface area contributed by atoms with Crippen molar-refractivity contribution in [2.75, 3.05) is 55.9 Å². The summed E-state index contributed by atoms with van der Waals surface area (Å²) in [5.74, 6) is 1.62. The topological polar surface area (TPSA) is 73.8 Å². The predicted octanol–water partition coefficient (Wildman–Crippen LogP) is 10.7. The smallest absolute Gasteiger partial charge is 0.493 e. The van der Waals surface area contributed by atoms with Crippen molar-refractivity contribution < 1.29 is 36.0 Å². The van der Waals surface area contributed by atoms with Crippen molar-refractivity contribution in [2.24, 2.45) is 0 Å². The number of benzene rings is 6. The van der Waals surface area contributed by atoms with Crippen LogP contribution in [-0.2, 0) is 32.0 Å². The van der Waals surface area contributed by atoms with Crippen molar-refractivity contribution in [3.05, 3.63) is 168 Å². The van der Waals surface area contributed by atoms with E-state index in [-0.39, 0.29) is 0 Å². The Morgan fingerprint density at radius 2 is 0.746 bits per heavy atom. The second-order valence-corrected chi connectivity index (χ2v) is 20.7. The van der Waals surface area contributed by atoms with Crippen LogP contribution in [-0.4, -0.2) is 73.5 Å². The Morgan fingerprint density at radius 1 is 0.390 bits per heavy atom. The Balaban J connectivity index is 1.36. The zero-order valence-corrected chi connectivity index (χ0v) is 36.9. The zero-order chi connectivity index (χ0) is 41.3. The lowest BCUT2D eigenvalue weighted by Gasteiger charge is -2.35. The third-order valence-electron chi connectivity index (χ3n) is 11.6. The maximum atomic E-state index is 6.62. The molecule has 306 valence electrons. The Morgan fingerprint density at radius 3 is 1.12 bits per heavy atom. The summed E-state index contributed by atoms with van der Waals surface area (Å²) in [5, 5.41) is 0. The Kier molecular flexibility index (Phi) is 13.6. The molecule has 7 rings (SSSR count). The van der Waals surface area contributed by atoms with Crippen LogP contribution < -0.4 is 9.47 Å². The van der Waals surface area contributed by atoms with Gasteiger partial charge in [-0.15, -0.1) is 0 Å². The van der Waals surface area contributed by atoms with Crippen LogP contribution in [0.4, 0.5) is 0 Å². The lowest BCUT2D eigenvalue weighted by molar-refractivity contribution is 0.120. The lowest BCUT2D eigenvalue weighted by Crippen LogP contribution is -2.42. The molecule has 8 nitrogen and oxygen atoms in total. The molecule has 0 saturated carbocycles. The van der Waals surface area contributed by atoms with Gasteiger partial charge in [-0.1, -0.05) is 121 Å². The largest absolute Gasteiger partial charge is 0.500 e. The molecule has 0 heterocycles. The Bertz CT molecular complexity index is 2110. The molecule has 0 unspecified atom stereocenters. The quantitative estimate of drug-likeness (QED) is 0.0556. The van der Waals surface area contributed by atoms with Crippen molar-refractivity contribution in [3.63, 3.8) is 0 Å². The zero-order valence-electron chi connectivity index (χ0n) is 34.9. The predicted molar refractivity (Wildman–Crippen MR) is 238 cm³/mol. The van der Waals surface area contributed by atoms with Gasteiger partial charge in [-0.3, -0.25) is 0 Å². The third-order valence-corrected chi connectivity index (χ3v) is 17.2. The second-order valence-electron chi connectivity index (χ2n) is 14.5. The van der Waals surface area contributed by atoms with Crippen LogP contribution in [0.25, 0.3) is 33.4 Å². The number of hydrogen-bond donors (Lipinski definition) is 0. The first-order valence-corrected chi connectivity index (χ1v) is 23.9. The molecular formula is C49H54O8Si2. The molecule has 0 bridgehead atoms. The van der Waals surface area contributed by atoms with Gasteiger partial charge in [0.15, 0.2) is 0 Å².